The fourth-order valence-corrected chi connectivity index (χ4v) is 4.81. The number of phenolic OH excluding ortho intramolecular Hbond substituents is 1. The van der Waals surface area contributed by atoms with Gasteiger partial charge in [-0.1, -0.05) is 6.08 Å². The van der Waals surface area contributed by atoms with E-state index in [0.717, 1.165) is 30.6 Å². The van der Waals surface area contributed by atoms with E-state index in [4.69, 9.17) is 4.74 Å². The van der Waals surface area contributed by atoms with Crippen molar-refractivity contribution in [3.63, 3.8) is 0 Å². The van der Waals surface area contributed by atoms with Crippen LogP contribution in [0.1, 0.15) is 18.4 Å². The van der Waals surface area contributed by atoms with Crippen LogP contribution < -0.4 is 15.4 Å². The summed E-state index contributed by atoms with van der Waals surface area (Å²) in [5, 5.41) is 25.2. The topological polar surface area (TPSA) is 130 Å². The number of aryl methyl sites for hydroxylation is 1. The second kappa shape index (κ2) is 10.6. The number of rotatable bonds is 7. The Morgan fingerprint density at radius 2 is 2.08 bits per heavy atom. The predicted molar refractivity (Wildman–Crippen MR) is 152 cm³/mol. The number of ether oxygens (including phenoxy) is 1. The molecule has 202 valence electrons. The Hall–Kier alpha value is -5.03. The number of likely N-dealkylation sites (tertiary alicyclic amines) is 1. The summed E-state index contributed by atoms with van der Waals surface area (Å²) in [6.07, 6.45) is 10.5. The molecule has 1 fully saturated rings. The maximum Gasteiger partial charge on any atom is 0.248 e. The second-order valence-electron chi connectivity index (χ2n) is 9.81. The van der Waals surface area contributed by atoms with Gasteiger partial charge in [0, 0.05) is 41.5 Å². The third-order valence-corrected chi connectivity index (χ3v) is 6.99. The van der Waals surface area contributed by atoms with E-state index in [-0.39, 0.29) is 23.4 Å². The average Bonchev–Trinajstić information content (AvgIpc) is 3.58. The van der Waals surface area contributed by atoms with E-state index >= 15 is 0 Å². The number of aromatic hydroxyl groups is 1. The van der Waals surface area contributed by atoms with Crippen LogP contribution in [0.2, 0.25) is 0 Å². The van der Waals surface area contributed by atoms with Gasteiger partial charge in [0.2, 0.25) is 5.91 Å². The molecule has 4 heterocycles. The summed E-state index contributed by atoms with van der Waals surface area (Å²) in [6, 6.07) is 12.8. The Kier molecular flexibility index (Phi) is 6.71. The van der Waals surface area contributed by atoms with Crippen molar-refractivity contribution in [3.05, 3.63) is 79.0 Å². The van der Waals surface area contributed by atoms with E-state index in [1.807, 2.05) is 56.6 Å². The van der Waals surface area contributed by atoms with Crippen LogP contribution in [-0.2, 0) is 4.79 Å². The number of hydrogen-bond donors (Lipinski definition) is 3. The molecule has 3 aromatic heterocycles. The molecule has 3 N–H and O–H groups in total. The maximum absolute atomic E-state index is 12.6. The smallest absolute Gasteiger partial charge is 0.248 e. The van der Waals surface area contributed by atoms with Crippen molar-refractivity contribution in [2.24, 2.45) is 0 Å². The largest absolute Gasteiger partial charge is 0.506 e. The number of pyridine rings is 1. The number of phenols is 1. The molecule has 1 aliphatic heterocycles. The summed E-state index contributed by atoms with van der Waals surface area (Å²) in [4.78, 5) is 23.5. The summed E-state index contributed by atoms with van der Waals surface area (Å²) in [5.41, 5.74) is 3.22. The molecule has 1 aliphatic rings. The van der Waals surface area contributed by atoms with Crippen molar-refractivity contribution in [1.82, 2.24) is 29.5 Å². The number of carbonyl (C=O) groups excluding carboxylic acids is 1. The number of nitrogens with one attached hydrogen (secondary N) is 2. The Balaban J connectivity index is 1.20. The molecule has 6 rings (SSSR count). The van der Waals surface area contributed by atoms with Gasteiger partial charge in [0.1, 0.15) is 35.7 Å². The molecular weight excluding hydrogens is 508 g/mol. The highest BCUT2D eigenvalue weighted by atomic mass is 16.5. The molecular formula is C29H28N8O3. The molecule has 0 unspecified atom stereocenters. The minimum absolute atomic E-state index is 0.0708. The van der Waals surface area contributed by atoms with Crippen molar-refractivity contribution < 1.29 is 14.6 Å². The van der Waals surface area contributed by atoms with Crippen molar-refractivity contribution in [3.8, 4) is 17.2 Å². The lowest BCUT2D eigenvalue weighted by atomic mass is 10.1. The van der Waals surface area contributed by atoms with Crippen molar-refractivity contribution in [2.75, 3.05) is 24.2 Å². The van der Waals surface area contributed by atoms with Crippen LogP contribution in [0.15, 0.2) is 73.5 Å². The van der Waals surface area contributed by atoms with Gasteiger partial charge in [-0.2, -0.15) is 0 Å². The molecule has 1 saturated heterocycles. The fraction of sp³-hybridized carbons (Fsp3) is 0.207. The third kappa shape index (κ3) is 5.27. The number of hydrogen-bond acceptors (Lipinski definition) is 9. The van der Waals surface area contributed by atoms with Crippen molar-refractivity contribution in [1.29, 1.82) is 0 Å². The SMILES string of the molecule is Cc1cc(Nc2ncnc3cc(O)c(NC(=O)/C=C/[C@H]4CCCN4C)cc23)ccc1Oc1ccn2cnnc2c1. The standard InChI is InChI=1S/C29H28N8O3/c1-18-12-19(5-7-26(18)40-21-9-11-37-17-32-35-27(37)13-21)33-29-22-14-24(25(38)15-23(22)30-16-31-29)34-28(39)8-6-20-4-3-10-36(20)2/h5-9,11-17,20,38H,3-4,10H2,1-2H3,(H,34,39)(H,30,31,33)/b8-6+/t20-/m1/s1. The monoisotopic (exact) mass is 536 g/mol. The van der Waals surface area contributed by atoms with E-state index in [9.17, 15) is 9.90 Å². The number of likely N-dealkylation sites (N-methyl/N-ethyl adjacent to an activating group) is 1. The van der Waals surface area contributed by atoms with Crippen LogP contribution in [-0.4, -0.2) is 60.1 Å². The number of anilines is 3. The second-order valence-corrected chi connectivity index (χ2v) is 9.81. The number of fused-ring (bicyclic) bond motifs is 2. The number of amides is 1. The molecule has 11 nitrogen and oxygen atoms in total. The average molecular weight is 537 g/mol. The molecule has 0 bridgehead atoms. The lowest BCUT2D eigenvalue weighted by Gasteiger charge is -2.15. The minimum Gasteiger partial charge on any atom is -0.506 e. The summed E-state index contributed by atoms with van der Waals surface area (Å²) in [6.45, 7) is 2.98. The third-order valence-electron chi connectivity index (χ3n) is 6.99. The summed E-state index contributed by atoms with van der Waals surface area (Å²) in [5.74, 6) is 1.52. The van der Waals surface area contributed by atoms with Gasteiger partial charge in [-0.05, 0) is 69.3 Å². The lowest BCUT2D eigenvalue weighted by molar-refractivity contribution is -0.112. The number of nitrogens with zero attached hydrogens (tertiary/aromatic N) is 6. The van der Waals surface area contributed by atoms with E-state index in [1.165, 1.54) is 18.5 Å². The summed E-state index contributed by atoms with van der Waals surface area (Å²) >= 11 is 0. The van der Waals surface area contributed by atoms with Crippen LogP contribution in [0.25, 0.3) is 16.6 Å². The molecule has 5 aromatic rings. The van der Waals surface area contributed by atoms with Gasteiger partial charge in [-0.3, -0.25) is 14.1 Å². The van der Waals surface area contributed by atoms with E-state index < -0.39 is 0 Å². The van der Waals surface area contributed by atoms with Gasteiger partial charge >= 0.3 is 0 Å². The Bertz CT molecular complexity index is 1750. The highest BCUT2D eigenvalue weighted by Gasteiger charge is 2.18. The van der Waals surface area contributed by atoms with Crippen LogP contribution in [0, 0.1) is 6.92 Å². The van der Waals surface area contributed by atoms with Gasteiger partial charge in [-0.15, -0.1) is 10.2 Å². The quantitative estimate of drug-likeness (QED) is 0.198. The summed E-state index contributed by atoms with van der Waals surface area (Å²) < 4.78 is 7.88. The molecule has 0 aliphatic carbocycles. The highest BCUT2D eigenvalue weighted by Crippen LogP contribution is 2.34. The predicted octanol–water partition coefficient (Wildman–Crippen LogP) is 4.81. The molecule has 1 amide bonds. The van der Waals surface area contributed by atoms with Gasteiger partial charge in [0.05, 0.1) is 11.2 Å². The first kappa shape index (κ1) is 25.3. The van der Waals surface area contributed by atoms with E-state index in [0.29, 0.717) is 33.9 Å². The maximum atomic E-state index is 12.6. The van der Waals surface area contributed by atoms with Gasteiger partial charge in [0.25, 0.3) is 0 Å². The van der Waals surface area contributed by atoms with Gasteiger partial charge in [0.15, 0.2) is 5.65 Å². The Morgan fingerprint density at radius 3 is 2.90 bits per heavy atom. The normalized spacial score (nSPS) is 15.7. The Labute approximate surface area is 230 Å². The van der Waals surface area contributed by atoms with Gasteiger partial charge < -0.3 is 20.5 Å². The zero-order chi connectivity index (χ0) is 27.6. The van der Waals surface area contributed by atoms with Crippen LogP contribution in [0.4, 0.5) is 17.2 Å². The lowest BCUT2D eigenvalue weighted by Crippen LogP contribution is -2.23. The fourth-order valence-electron chi connectivity index (χ4n) is 4.81. The van der Waals surface area contributed by atoms with Gasteiger partial charge in [-0.25, -0.2) is 9.97 Å². The summed E-state index contributed by atoms with van der Waals surface area (Å²) in [7, 11) is 2.05. The van der Waals surface area contributed by atoms with E-state index in [1.54, 1.807) is 16.8 Å². The molecule has 11 heteroatoms. The highest BCUT2D eigenvalue weighted by molar-refractivity contribution is 6.03. The molecule has 0 spiro atoms. The number of benzene rings is 2. The number of carbonyl (C=O) groups is 1. The van der Waals surface area contributed by atoms with Crippen LogP contribution in [0.3, 0.4) is 0 Å². The van der Waals surface area contributed by atoms with Crippen molar-refractivity contribution >= 4 is 39.6 Å². The molecule has 1 atom stereocenters. The first-order valence-electron chi connectivity index (χ1n) is 12.9. The molecule has 2 aromatic carbocycles. The number of aromatic nitrogens is 5. The van der Waals surface area contributed by atoms with Crippen LogP contribution in [0.5, 0.6) is 17.2 Å². The first-order valence-corrected chi connectivity index (χ1v) is 12.9. The first-order chi connectivity index (χ1) is 19.4. The van der Waals surface area contributed by atoms with E-state index in [2.05, 4.69) is 35.7 Å². The Morgan fingerprint density at radius 1 is 1.18 bits per heavy atom. The van der Waals surface area contributed by atoms with Crippen LogP contribution >= 0.6 is 0 Å². The molecule has 0 radical (unpaired) electrons. The minimum atomic E-state index is -0.310. The zero-order valence-corrected chi connectivity index (χ0v) is 22.1. The molecule has 0 saturated carbocycles. The molecule has 40 heavy (non-hydrogen) atoms. The van der Waals surface area contributed by atoms with Crippen molar-refractivity contribution in [2.45, 2.75) is 25.8 Å². The zero-order valence-electron chi connectivity index (χ0n) is 22.1.